The lowest BCUT2D eigenvalue weighted by Gasteiger charge is -2.38. The SMILES string of the molecule is Cc1cc(C)c(-c2ccc(N3CCOC4CC(OCc5ccccc5)CC43)nn2)c(O)c1. The number of aromatic hydroxyl groups is 1. The van der Waals surface area contributed by atoms with Crippen LogP contribution in [0.15, 0.2) is 54.6 Å². The van der Waals surface area contributed by atoms with Crippen LogP contribution in [0.4, 0.5) is 5.82 Å². The van der Waals surface area contributed by atoms with Crippen molar-refractivity contribution in [3.8, 4) is 17.0 Å². The third kappa shape index (κ3) is 4.20. The molecular weight excluding hydrogens is 402 g/mol. The number of ether oxygens (including phenoxy) is 2. The fourth-order valence-electron chi connectivity index (χ4n) is 5.01. The van der Waals surface area contributed by atoms with Crippen molar-refractivity contribution < 1.29 is 14.6 Å². The van der Waals surface area contributed by atoms with Gasteiger partial charge in [0.1, 0.15) is 5.75 Å². The first-order valence-corrected chi connectivity index (χ1v) is 11.3. The second-order valence-corrected chi connectivity index (χ2v) is 8.81. The minimum absolute atomic E-state index is 0.148. The topological polar surface area (TPSA) is 67.7 Å². The van der Waals surface area contributed by atoms with Crippen molar-refractivity contribution in [2.75, 3.05) is 18.1 Å². The van der Waals surface area contributed by atoms with Crippen LogP contribution in [0.3, 0.4) is 0 Å². The molecule has 1 aliphatic carbocycles. The molecule has 2 aromatic carbocycles. The molecule has 0 spiro atoms. The summed E-state index contributed by atoms with van der Waals surface area (Å²) in [5.74, 6) is 1.09. The van der Waals surface area contributed by atoms with Crippen molar-refractivity contribution in [3.05, 3.63) is 71.3 Å². The summed E-state index contributed by atoms with van der Waals surface area (Å²) >= 11 is 0. The van der Waals surface area contributed by atoms with Crippen molar-refractivity contribution >= 4 is 5.82 Å². The molecule has 1 aliphatic heterocycles. The lowest BCUT2D eigenvalue weighted by Crippen LogP contribution is -2.49. The van der Waals surface area contributed by atoms with Crippen LogP contribution < -0.4 is 4.90 Å². The van der Waals surface area contributed by atoms with E-state index in [1.165, 1.54) is 5.56 Å². The normalized spacial score (nSPS) is 22.7. The molecule has 2 heterocycles. The highest BCUT2D eigenvalue weighted by molar-refractivity contribution is 5.71. The minimum Gasteiger partial charge on any atom is -0.507 e. The number of anilines is 1. The molecule has 0 radical (unpaired) electrons. The number of aromatic nitrogens is 2. The summed E-state index contributed by atoms with van der Waals surface area (Å²) in [6, 6.07) is 18.3. The van der Waals surface area contributed by atoms with E-state index in [-0.39, 0.29) is 24.0 Å². The summed E-state index contributed by atoms with van der Waals surface area (Å²) in [5, 5.41) is 19.4. The highest BCUT2D eigenvalue weighted by Crippen LogP contribution is 2.36. The summed E-state index contributed by atoms with van der Waals surface area (Å²) in [4.78, 5) is 2.30. The first-order chi connectivity index (χ1) is 15.6. The number of phenols is 1. The van der Waals surface area contributed by atoms with Gasteiger partial charge in [0.15, 0.2) is 5.82 Å². The molecule has 1 aromatic heterocycles. The zero-order chi connectivity index (χ0) is 22.1. The van der Waals surface area contributed by atoms with Crippen LogP contribution in [0.5, 0.6) is 5.75 Å². The monoisotopic (exact) mass is 431 g/mol. The van der Waals surface area contributed by atoms with Gasteiger partial charge in [0.25, 0.3) is 0 Å². The van der Waals surface area contributed by atoms with Crippen LogP contribution in [0.1, 0.15) is 29.5 Å². The standard InChI is InChI=1S/C26H29N3O3/c1-17-12-18(2)26(23(30)13-17)21-8-9-25(28-27-21)29-10-11-31-24-15-20(14-22(24)29)32-16-19-6-4-3-5-7-19/h3-9,12-13,20,22,24,30H,10-11,14-16H2,1-2H3. The Bertz CT molecular complexity index is 1050. The number of morpholine rings is 1. The number of fused-ring (bicyclic) bond motifs is 1. The Morgan fingerprint density at radius 3 is 2.66 bits per heavy atom. The molecule has 3 unspecified atom stereocenters. The second-order valence-electron chi connectivity index (χ2n) is 8.81. The summed E-state index contributed by atoms with van der Waals surface area (Å²) in [6.07, 6.45) is 2.13. The van der Waals surface area contributed by atoms with Gasteiger partial charge in [-0.1, -0.05) is 36.4 Å². The highest BCUT2D eigenvalue weighted by atomic mass is 16.5. The van der Waals surface area contributed by atoms with Gasteiger partial charge < -0.3 is 19.5 Å². The zero-order valence-corrected chi connectivity index (χ0v) is 18.6. The third-order valence-corrected chi connectivity index (χ3v) is 6.48. The van der Waals surface area contributed by atoms with Gasteiger partial charge in [0.05, 0.1) is 37.2 Å². The Balaban J connectivity index is 1.30. The van der Waals surface area contributed by atoms with Crippen molar-refractivity contribution in [1.29, 1.82) is 0 Å². The van der Waals surface area contributed by atoms with Gasteiger partial charge in [-0.2, -0.15) is 0 Å². The minimum atomic E-state index is 0.148. The van der Waals surface area contributed by atoms with Gasteiger partial charge >= 0.3 is 0 Å². The van der Waals surface area contributed by atoms with E-state index in [0.29, 0.717) is 18.9 Å². The number of hydrogen-bond acceptors (Lipinski definition) is 6. The maximum absolute atomic E-state index is 10.4. The Morgan fingerprint density at radius 2 is 1.91 bits per heavy atom. The van der Waals surface area contributed by atoms with Gasteiger partial charge in [-0.3, -0.25) is 0 Å². The molecule has 1 saturated carbocycles. The molecular formula is C26H29N3O3. The molecule has 32 heavy (non-hydrogen) atoms. The Hall–Kier alpha value is -2.96. The maximum Gasteiger partial charge on any atom is 0.151 e. The number of aryl methyl sites for hydroxylation is 2. The highest BCUT2D eigenvalue weighted by Gasteiger charge is 2.42. The number of hydrogen-bond donors (Lipinski definition) is 1. The van der Waals surface area contributed by atoms with E-state index in [9.17, 15) is 5.11 Å². The summed E-state index contributed by atoms with van der Waals surface area (Å²) in [6.45, 7) is 6.04. The lowest BCUT2D eigenvalue weighted by molar-refractivity contribution is 0.00592. The molecule has 3 atom stereocenters. The summed E-state index contributed by atoms with van der Waals surface area (Å²) < 4.78 is 12.3. The Labute approximate surface area is 188 Å². The zero-order valence-electron chi connectivity index (χ0n) is 18.6. The van der Waals surface area contributed by atoms with E-state index in [4.69, 9.17) is 9.47 Å². The van der Waals surface area contributed by atoms with Gasteiger partial charge in [-0.05, 0) is 55.2 Å². The van der Waals surface area contributed by atoms with E-state index in [2.05, 4.69) is 27.2 Å². The summed E-state index contributed by atoms with van der Waals surface area (Å²) in [7, 11) is 0. The number of rotatable bonds is 5. The van der Waals surface area contributed by atoms with Crippen molar-refractivity contribution in [2.45, 2.75) is 51.5 Å². The van der Waals surface area contributed by atoms with E-state index < -0.39 is 0 Å². The lowest BCUT2D eigenvalue weighted by atomic mass is 10.0. The number of nitrogens with zero attached hydrogens (tertiary/aromatic N) is 3. The van der Waals surface area contributed by atoms with Gasteiger partial charge in [0.2, 0.25) is 0 Å². The molecule has 2 fully saturated rings. The van der Waals surface area contributed by atoms with E-state index >= 15 is 0 Å². The van der Waals surface area contributed by atoms with Crippen molar-refractivity contribution in [3.63, 3.8) is 0 Å². The van der Waals surface area contributed by atoms with Crippen LogP contribution in [-0.2, 0) is 16.1 Å². The van der Waals surface area contributed by atoms with Crippen LogP contribution in [0, 0.1) is 13.8 Å². The molecule has 1 N–H and O–H groups in total. The number of phenolic OH excluding ortho intramolecular Hbond substituents is 1. The largest absolute Gasteiger partial charge is 0.507 e. The van der Waals surface area contributed by atoms with Gasteiger partial charge in [0, 0.05) is 18.5 Å². The van der Waals surface area contributed by atoms with Gasteiger partial charge in [-0.15, -0.1) is 10.2 Å². The Kier molecular flexibility index (Phi) is 5.81. The fraction of sp³-hybridized carbons (Fsp3) is 0.385. The first-order valence-electron chi connectivity index (χ1n) is 11.3. The molecule has 0 bridgehead atoms. The van der Waals surface area contributed by atoms with Crippen molar-refractivity contribution in [2.24, 2.45) is 0 Å². The molecule has 0 amide bonds. The fourth-order valence-corrected chi connectivity index (χ4v) is 5.01. The quantitative estimate of drug-likeness (QED) is 0.645. The summed E-state index contributed by atoms with van der Waals surface area (Å²) in [5.41, 5.74) is 4.63. The molecule has 6 nitrogen and oxygen atoms in total. The average molecular weight is 432 g/mol. The predicted molar refractivity (Wildman–Crippen MR) is 124 cm³/mol. The second kappa shape index (κ2) is 8.88. The van der Waals surface area contributed by atoms with Crippen LogP contribution >= 0.6 is 0 Å². The molecule has 2 aliphatic rings. The number of benzene rings is 2. The third-order valence-electron chi connectivity index (χ3n) is 6.48. The molecule has 6 heteroatoms. The van der Waals surface area contributed by atoms with Crippen LogP contribution in [0.25, 0.3) is 11.3 Å². The molecule has 166 valence electrons. The van der Waals surface area contributed by atoms with E-state index in [1.54, 1.807) is 6.07 Å². The average Bonchev–Trinajstić information content (AvgIpc) is 3.21. The van der Waals surface area contributed by atoms with Crippen LogP contribution in [0.2, 0.25) is 0 Å². The maximum atomic E-state index is 10.4. The molecule has 3 aromatic rings. The predicted octanol–water partition coefficient (Wildman–Crippen LogP) is 4.42. The first kappa shape index (κ1) is 20.9. The van der Waals surface area contributed by atoms with Gasteiger partial charge in [-0.25, -0.2) is 0 Å². The van der Waals surface area contributed by atoms with E-state index in [0.717, 1.165) is 41.9 Å². The van der Waals surface area contributed by atoms with Crippen LogP contribution in [-0.4, -0.2) is 46.7 Å². The molecule has 1 saturated heterocycles. The van der Waals surface area contributed by atoms with Crippen molar-refractivity contribution in [1.82, 2.24) is 10.2 Å². The molecule has 5 rings (SSSR count). The Morgan fingerprint density at radius 1 is 1.06 bits per heavy atom. The van der Waals surface area contributed by atoms with E-state index in [1.807, 2.05) is 50.2 Å². The smallest absolute Gasteiger partial charge is 0.151 e.